The summed E-state index contributed by atoms with van der Waals surface area (Å²) in [5.41, 5.74) is 11.0. The summed E-state index contributed by atoms with van der Waals surface area (Å²) in [6.45, 7) is 5.69. The Labute approximate surface area is 208 Å². The standard InChI is InChI=1S/C24H19ClN6O.C2H6O/c1-14-19(22(25)30(28-14)16-9-5-3-6-10-16)21-18(13-26)23(27)32-24-20(21)15(2)29-31(24)17-11-7-4-8-12-17;1-2-3/h3-12,21H,27H2,1-2H3;3H,2H2,1H3. The summed E-state index contributed by atoms with van der Waals surface area (Å²) in [6.07, 6.45) is 0. The van der Waals surface area contributed by atoms with Crippen molar-refractivity contribution in [2.45, 2.75) is 26.7 Å². The number of halogens is 1. The van der Waals surface area contributed by atoms with E-state index in [1.165, 1.54) is 0 Å². The van der Waals surface area contributed by atoms with E-state index in [9.17, 15) is 5.26 Å². The van der Waals surface area contributed by atoms with Crippen molar-refractivity contribution in [1.29, 1.82) is 5.26 Å². The number of para-hydroxylation sites is 2. The molecule has 1 unspecified atom stereocenters. The summed E-state index contributed by atoms with van der Waals surface area (Å²) in [5.74, 6) is -0.0469. The molecule has 1 aliphatic heterocycles. The van der Waals surface area contributed by atoms with Crippen LogP contribution >= 0.6 is 11.6 Å². The minimum Gasteiger partial charge on any atom is -0.422 e. The van der Waals surface area contributed by atoms with Crippen LogP contribution in [0, 0.1) is 25.2 Å². The maximum atomic E-state index is 9.97. The van der Waals surface area contributed by atoms with E-state index in [4.69, 9.17) is 32.3 Å². The van der Waals surface area contributed by atoms with Gasteiger partial charge in [0.05, 0.1) is 34.2 Å². The molecule has 0 bridgehead atoms. The van der Waals surface area contributed by atoms with Crippen molar-refractivity contribution >= 4 is 11.6 Å². The highest BCUT2D eigenvalue weighted by atomic mass is 35.5. The van der Waals surface area contributed by atoms with E-state index in [0.717, 1.165) is 22.6 Å². The number of nitrogens with two attached hydrogens (primary N) is 1. The lowest BCUT2D eigenvalue weighted by atomic mass is 9.84. The van der Waals surface area contributed by atoms with Crippen LogP contribution < -0.4 is 10.5 Å². The van der Waals surface area contributed by atoms with Gasteiger partial charge in [0, 0.05) is 12.2 Å². The zero-order valence-corrected chi connectivity index (χ0v) is 20.4. The highest BCUT2D eigenvalue weighted by Crippen LogP contribution is 2.47. The Hall–Kier alpha value is -4.06. The summed E-state index contributed by atoms with van der Waals surface area (Å²) in [7, 11) is 0. The number of ether oxygens (including phenoxy) is 1. The third kappa shape index (κ3) is 4.28. The molecule has 3 heterocycles. The molecule has 1 aliphatic rings. The molecule has 0 aliphatic carbocycles. The molecule has 8 nitrogen and oxygen atoms in total. The van der Waals surface area contributed by atoms with Gasteiger partial charge >= 0.3 is 0 Å². The molecular formula is C26H25ClN6O2. The molecule has 178 valence electrons. The van der Waals surface area contributed by atoms with Gasteiger partial charge in [-0.15, -0.1) is 0 Å². The van der Waals surface area contributed by atoms with Crippen molar-refractivity contribution in [3.63, 3.8) is 0 Å². The van der Waals surface area contributed by atoms with Gasteiger partial charge in [0.1, 0.15) is 16.8 Å². The normalized spacial score (nSPS) is 14.5. The third-order valence-corrected chi connectivity index (χ3v) is 5.93. The van der Waals surface area contributed by atoms with Gasteiger partial charge in [-0.25, -0.2) is 9.36 Å². The summed E-state index contributed by atoms with van der Waals surface area (Å²) in [5, 5.41) is 27.3. The maximum Gasteiger partial charge on any atom is 0.229 e. The smallest absolute Gasteiger partial charge is 0.229 e. The van der Waals surface area contributed by atoms with Gasteiger partial charge in [-0.1, -0.05) is 48.0 Å². The molecule has 2 aromatic carbocycles. The molecule has 0 spiro atoms. The Bertz CT molecular complexity index is 1420. The molecule has 2 aromatic heterocycles. The van der Waals surface area contributed by atoms with Gasteiger partial charge in [0.2, 0.25) is 11.8 Å². The molecule has 0 amide bonds. The third-order valence-electron chi connectivity index (χ3n) is 5.57. The summed E-state index contributed by atoms with van der Waals surface area (Å²) >= 11 is 6.87. The first-order valence-electron chi connectivity index (χ1n) is 11.1. The maximum absolute atomic E-state index is 9.97. The SMILES string of the molecule is CCO.Cc1nn(-c2ccccc2)c(Cl)c1C1C(C#N)=C(N)Oc2c1c(C)nn2-c1ccccc1. The van der Waals surface area contributed by atoms with Crippen LogP contribution in [0.25, 0.3) is 11.4 Å². The van der Waals surface area contributed by atoms with E-state index in [2.05, 4.69) is 11.2 Å². The first kappa shape index (κ1) is 24.1. The van der Waals surface area contributed by atoms with Gasteiger partial charge in [0.15, 0.2) is 0 Å². The second-order valence-corrected chi connectivity index (χ2v) is 8.19. The predicted octanol–water partition coefficient (Wildman–Crippen LogP) is 4.55. The minimum atomic E-state index is -0.550. The van der Waals surface area contributed by atoms with Crippen LogP contribution in [0.5, 0.6) is 5.88 Å². The number of nitriles is 1. The van der Waals surface area contributed by atoms with E-state index in [0.29, 0.717) is 22.3 Å². The number of aliphatic hydroxyl groups is 1. The van der Waals surface area contributed by atoms with Crippen LogP contribution in [0.1, 0.15) is 35.4 Å². The quantitative estimate of drug-likeness (QED) is 0.437. The Balaban J connectivity index is 0.000000917. The second-order valence-electron chi connectivity index (χ2n) is 7.83. The lowest BCUT2D eigenvalue weighted by molar-refractivity contribution is 0.318. The minimum absolute atomic E-state index is 0.0324. The average molecular weight is 489 g/mol. The number of nitrogens with zero attached hydrogens (tertiary/aromatic N) is 5. The van der Waals surface area contributed by atoms with Crippen molar-refractivity contribution in [3.8, 4) is 23.3 Å². The summed E-state index contributed by atoms with van der Waals surface area (Å²) < 4.78 is 9.30. The van der Waals surface area contributed by atoms with Gasteiger partial charge in [-0.2, -0.15) is 15.5 Å². The van der Waals surface area contributed by atoms with Crippen LogP contribution in [-0.2, 0) is 0 Å². The van der Waals surface area contributed by atoms with Crippen molar-refractivity contribution < 1.29 is 9.84 Å². The number of rotatable bonds is 3. The number of aliphatic hydroxyl groups excluding tert-OH is 1. The number of hydrogen-bond donors (Lipinski definition) is 2. The molecule has 4 aromatic rings. The largest absolute Gasteiger partial charge is 0.422 e. The summed E-state index contributed by atoms with van der Waals surface area (Å²) in [6, 6.07) is 21.5. The van der Waals surface area contributed by atoms with Crippen LogP contribution in [-0.4, -0.2) is 31.3 Å². The zero-order chi connectivity index (χ0) is 25.1. The zero-order valence-electron chi connectivity index (χ0n) is 19.6. The Morgan fingerprint density at radius 3 is 2.00 bits per heavy atom. The Morgan fingerprint density at radius 1 is 0.971 bits per heavy atom. The van der Waals surface area contributed by atoms with Crippen LogP contribution in [0.3, 0.4) is 0 Å². The molecule has 9 heteroatoms. The number of aromatic nitrogens is 4. The van der Waals surface area contributed by atoms with Crippen molar-refractivity contribution in [3.05, 3.63) is 99.8 Å². The lowest BCUT2D eigenvalue weighted by Crippen LogP contribution is -2.22. The predicted molar refractivity (Wildman–Crippen MR) is 134 cm³/mol. The van der Waals surface area contributed by atoms with E-state index in [1.54, 1.807) is 16.3 Å². The molecular weight excluding hydrogens is 464 g/mol. The molecule has 0 saturated heterocycles. The van der Waals surface area contributed by atoms with Crippen molar-refractivity contribution in [2.24, 2.45) is 5.73 Å². The van der Waals surface area contributed by atoms with Crippen molar-refractivity contribution in [2.75, 3.05) is 6.61 Å². The van der Waals surface area contributed by atoms with E-state index in [-0.39, 0.29) is 18.1 Å². The fourth-order valence-electron chi connectivity index (χ4n) is 4.13. The van der Waals surface area contributed by atoms with E-state index < -0.39 is 5.92 Å². The van der Waals surface area contributed by atoms with Gasteiger partial charge in [-0.05, 0) is 45.0 Å². The fourth-order valence-corrected chi connectivity index (χ4v) is 4.51. The van der Waals surface area contributed by atoms with Gasteiger partial charge in [-0.3, -0.25) is 0 Å². The molecule has 0 saturated carbocycles. The highest BCUT2D eigenvalue weighted by Gasteiger charge is 2.39. The number of aryl methyl sites for hydroxylation is 2. The number of allylic oxidation sites excluding steroid dienone is 1. The van der Waals surface area contributed by atoms with Gasteiger partial charge < -0.3 is 15.6 Å². The second kappa shape index (κ2) is 10.1. The topological polar surface area (TPSA) is 115 Å². The van der Waals surface area contributed by atoms with Gasteiger partial charge in [0.25, 0.3) is 0 Å². The first-order chi connectivity index (χ1) is 16.9. The molecule has 5 rings (SSSR count). The van der Waals surface area contributed by atoms with Crippen molar-refractivity contribution in [1.82, 2.24) is 19.6 Å². The molecule has 35 heavy (non-hydrogen) atoms. The van der Waals surface area contributed by atoms with Crippen LogP contribution in [0.15, 0.2) is 72.1 Å². The average Bonchev–Trinajstić information content (AvgIpc) is 3.35. The number of benzene rings is 2. The Morgan fingerprint density at radius 2 is 1.46 bits per heavy atom. The van der Waals surface area contributed by atoms with E-state index >= 15 is 0 Å². The highest BCUT2D eigenvalue weighted by molar-refractivity contribution is 6.30. The Kier molecular flexibility index (Phi) is 6.92. The molecule has 0 fully saturated rings. The first-order valence-corrected chi connectivity index (χ1v) is 11.4. The number of hydrogen-bond acceptors (Lipinski definition) is 6. The fraction of sp³-hybridized carbons (Fsp3) is 0.192. The van der Waals surface area contributed by atoms with Crippen LogP contribution in [0.4, 0.5) is 0 Å². The number of fused-ring (bicyclic) bond motifs is 1. The van der Waals surface area contributed by atoms with Crippen LogP contribution in [0.2, 0.25) is 5.15 Å². The summed E-state index contributed by atoms with van der Waals surface area (Å²) in [4.78, 5) is 0. The van der Waals surface area contributed by atoms with E-state index in [1.807, 2.05) is 74.5 Å². The molecule has 3 N–H and O–H groups in total. The monoisotopic (exact) mass is 488 g/mol. The molecule has 0 radical (unpaired) electrons. The molecule has 1 atom stereocenters. The lowest BCUT2D eigenvalue weighted by Gasteiger charge is -2.24.